The van der Waals surface area contributed by atoms with E-state index in [0.717, 1.165) is 11.8 Å². The molecule has 1 N–H and O–H groups in total. The van der Waals surface area contributed by atoms with Crippen LogP contribution in [0.5, 0.6) is 0 Å². The molecule has 5 rings (SSSR count). The van der Waals surface area contributed by atoms with E-state index in [1.165, 1.54) is 64.2 Å². The number of hydrogen-bond acceptors (Lipinski definition) is 2. The zero-order chi connectivity index (χ0) is 29.1. The maximum Gasteiger partial charge on any atom is 0.192 e. The highest BCUT2D eigenvalue weighted by molar-refractivity contribution is 6.74. The number of aliphatic hydroxyl groups excluding tert-OH is 1. The van der Waals surface area contributed by atoms with Gasteiger partial charge in [-0.3, -0.25) is 0 Å². The predicted molar refractivity (Wildman–Crippen MR) is 168 cm³/mol. The topological polar surface area (TPSA) is 29.5 Å². The third-order valence-corrected chi connectivity index (χ3v) is 19.8. The molecule has 3 heteroatoms. The lowest BCUT2D eigenvalue weighted by Crippen LogP contribution is -2.65. The van der Waals surface area contributed by atoms with E-state index in [1.807, 2.05) is 0 Å². The van der Waals surface area contributed by atoms with Crippen LogP contribution >= 0.6 is 0 Å². The molecule has 5 aliphatic carbocycles. The highest BCUT2D eigenvalue weighted by Crippen LogP contribution is 2.75. The van der Waals surface area contributed by atoms with Gasteiger partial charge in [0.2, 0.25) is 0 Å². The van der Waals surface area contributed by atoms with Crippen molar-refractivity contribution in [3.8, 4) is 0 Å². The highest BCUT2D eigenvalue weighted by atomic mass is 28.4. The fourth-order valence-electron chi connectivity index (χ4n) is 11.4. The quantitative estimate of drug-likeness (QED) is 0.277. The monoisotopic (exact) mass is 556 g/mol. The average Bonchev–Trinajstić information content (AvgIpc) is 2.80. The van der Waals surface area contributed by atoms with Crippen LogP contribution in [-0.4, -0.2) is 26.1 Å². The van der Waals surface area contributed by atoms with Gasteiger partial charge in [-0.25, -0.2) is 0 Å². The van der Waals surface area contributed by atoms with Gasteiger partial charge in [0, 0.05) is 12.0 Å². The Balaban J connectivity index is 1.49. The first-order valence-corrected chi connectivity index (χ1v) is 19.6. The summed E-state index contributed by atoms with van der Waals surface area (Å²) in [6.45, 7) is 30.6. The summed E-state index contributed by atoms with van der Waals surface area (Å²) in [7, 11) is -1.82. The molecule has 0 amide bonds. The summed E-state index contributed by atoms with van der Waals surface area (Å²) in [4.78, 5) is 0. The zero-order valence-corrected chi connectivity index (χ0v) is 29.0. The maximum absolute atomic E-state index is 10.8. The van der Waals surface area contributed by atoms with Crippen LogP contribution in [0.4, 0.5) is 0 Å². The summed E-state index contributed by atoms with van der Waals surface area (Å²) in [6, 6.07) is 0. The fourth-order valence-corrected chi connectivity index (χ4v) is 12.8. The van der Waals surface area contributed by atoms with Crippen LogP contribution in [0.25, 0.3) is 0 Å². The van der Waals surface area contributed by atoms with E-state index in [2.05, 4.69) is 88.4 Å². The molecule has 2 nitrogen and oxygen atoms in total. The second-order valence-corrected chi connectivity index (χ2v) is 23.7. The summed E-state index contributed by atoms with van der Waals surface area (Å²) < 4.78 is 7.22. The van der Waals surface area contributed by atoms with Gasteiger partial charge >= 0.3 is 0 Å². The van der Waals surface area contributed by atoms with Gasteiger partial charge in [0.15, 0.2) is 8.32 Å². The number of rotatable bonds is 3. The van der Waals surface area contributed by atoms with E-state index in [-0.39, 0.29) is 21.3 Å². The number of fused-ring (bicyclic) bond motifs is 7. The average molecular weight is 557 g/mol. The lowest BCUT2D eigenvalue weighted by molar-refractivity contribution is -0.202. The Kier molecular flexibility index (Phi) is 6.96. The molecule has 0 spiro atoms. The second kappa shape index (κ2) is 8.95. The van der Waals surface area contributed by atoms with Crippen molar-refractivity contribution in [2.75, 3.05) is 6.61 Å². The smallest absolute Gasteiger partial charge is 0.192 e. The molecule has 8 atom stereocenters. The van der Waals surface area contributed by atoms with Crippen molar-refractivity contribution in [2.24, 2.45) is 50.2 Å². The van der Waals surface area contributed by atoms with Crippen molar-refractivity contribution in [3.63, 3.8) is 0 Å². The second-order valence-electron chi connectivity index (χ2n) is 19.0. The molecule has 0 saturated heterocycles. The highest BCUT2D eigenvalue weighted by Gasteiger charge is 2.68. The summed E-state index contributed by atoms with van der Waals surface area (Å²) in [5.41, 5.74) is 3.47. The van der Waals surface area contributed by atoms with Gasteiger partial charge in [-0.1, -0.05) is 80.9 Å². The van der Waals surface area contributed by atoms with Crippen molar-refractivity contribution in [2.45, 2.75) is 158 Å². The van der Waals surface area contributed by atoms with Crippen LogP contribution in [-0.2, 0) is 4.43 Å². The van der Waals surface area contributed by atoms with Crippen molar-refractivity contribution >= 4 is 8.32 Å². The Morgan fingerprint density at radius 1 is 0.872 bits per heavy atom. The van der Waals surface area contributed by atoms with Gasteiger partial charge in [0.25, 0.3) is 0 Å². The molecule has 0 radical (unpaired) electrons. The van der Waals surface area contributed by atoms with E-state index >= 15 is 0 Å². The van der Waals surface area contributed by atoms with Gasteiger partial charge in [-0.15, -0.1) is 0 Å². The standard InChI is InChI=1S/C36H64O2Si/c1-30(2,3)39(11,12)38-29-16-17-33(8)27(32(29,6)7)15-18-35(10)28(33)14-13-25-26-23-31(4,5)19-21-36(26,24-37)22-20-34(25,35)9/h13,26-29,37H,14-24H2,1-12H3. The van der Waals surface area contributed by atoms with Gasteiger partial charge in [0.1, 0.15) is 0 Å². The van der Waals surface area contributed by atoms with Crippen LogP contribution in [0.15, 0.2) is 11.6 Å². The SMILES string of the molecule is CC1(C)CCC2(CO)CCC3(C)C(=CCC4C5(C)CCC(O[Si](C)(C)C(C)(C)C)C(C)(C)C5CCC43C)C2C1. The Labute approximate surface area is 243 Å². The maximum atomic E-state index is 10.8. The molecular weight excluding hydrogens is 492 g/mol. The van der Waals surface area contributed by atoms with Crippen LogP contribution < -0.4 is 0 Å². The molecule has 8 unspecified atom stereocenters. The zero-order valence-electron chi connectivity index (χ0n) is 28.0. The Morgan fingerprint density at radius 3 is 2.13 bits per heavy atom. The third-order valence-electron chi connectivity index (χ3n) is 15.3. The van der Waals surface area contributed by atoms with Gasteiger partial charge in [-0.2, -0.15) is 0 Å². The van der Waals surface area contributed by atoms with Crippen LogP contribution in [0.1, 0.15) is 133 Å². The molecular formula is C36H64O2Si. The largest absolute Gasteiger partial charge is 0.413 e. The Morgan fingerprint density at radius 2 is 1.51 bits per heavy atom. The molecule has 4 fully saturated rings. The van der Waals surface area contributed by atoms with Gasteiger partial charge < -0.3 is 9.53 Å². The molecule has 0 aromatic rings. The molecule has 0 aromatic heterocycles. The Bertz CT molecular complexity index is 1000. The van der Waals surface area contributed by atoms with E-state index < -0.39 is 8.32 Å². The first-order chi connectivity index (χ1) is 17.7. The van der Waals surface area contributed by atoms with Crippen LogP contribution in [0.3, 0.4) is 0 Å². The minimum atomic E-state index is -1.82. The minimum absolute atomic E-state index is 0.131. The summed E-state index contributed by atoms with van der Waals surface area (Å²) in [6.07, 6.45) is 15.8. The van der Waals surface area contributed by atoms with E-state index in [4.69, 9.17) is 4.43 Å². The molecule has 4 saturated carbocycles. The summed E-state index contributed by atoms with van der Waals surface area (Å²) >= 11 is 0. The van der Waals surface area contributed by atoms with Gasteiger partial charge in [-0.05, 0) is 127 Å². The molecule has 224 valence electrons. The summed E-state index contributed by atoms with van der Waals surface area (Å²) in [5, 5.41) is 11.0. The Hall–Kier alpha value is -0.123. The van der Waals surface area contributed by atoms with E-state index in [1.54, 1.807) is 5.57 Å². The molecule has 39 heavy (non-hydrogen) atoms. The van der Waals surface area contributed by atoms with Gasteiger partial charge in [0.05, 0.1) is 6.10 Å². The summed E-state index contributed by atoms with van der Waals surface area (Å²) in [5.74, 6) is 2.03. The fraction of sp³-hybridized carbons (Fsp3) is 0.944. The van der Waals surface area contributed by atoms with Crippen LogP contribution in [0.2, 0.25) is 18.1 Å². The van der Waals surface area contributed by atoms with Crippen molar-refractivity contribution < 1.29 is 9.53 Å². The van der Waals surface area contributed by atoms with Crippen LogP contribution in [0, 0.1) is 50.2 Å². The van der Waals surface area contributed by atoms with E-state index in [0.29, 0.717) is 34.9 Å². The van der Waals surface area contributed by atoms with Crippen molar-refractivity contribution in [1.82, 2.24) is 0 Å². The number of allylic oxidation sites excluding steroid dienone is 2. The lowest BCUT2D eigenvalue weighted by Gasteiger charge is -2.71. The number of aliphatic hydroxyl groups is 1. The molecule has 0 aliphatic heterocycles. The lowest BCUT2D eigenvalue weighted by atomic mass is 9.33. The van der Waals surface area contributed by atoms with E-state index in [9.17, 15) is 5.11 Å². The van der Waals surface area contributed by atoms with Crippen molar-refractivity contribution in [1.29, 1.82) is 0 Å². The minimum Gasteiger partial charge on any atom is -0.413 e. The molecule has 0 bridgehead atoms. The van der Waals surface area contributed by atoms with Crippen molar-refractivity contribution in [3.05, 3.63) is 11.6 Å². The number of hydrogen-bond donors (Lipinski definition) is 1. The normalized spacial score (nSPS) is 47.3. The molecule has 5 aliphatic rings. The molecule has 0 aromatic carbocycles. The predicted octanol–water partition coefficient (Wildman–Crippen LogP) is 10.2. The first kappa shape index (κ1) is 30.3. The third kappa shape index (κ3) is 4.19. The molecule has 0 heterocycles. The first-order valence-electron chi connectivity index (χ1n) is 16.7.